The van der Waals surface area contributed by atoms with Crippen LogP contribution in [0, 0.1) is 0 Å². The van der Waals surface area contributed by atoms with Gasteiger partial charge in [-0.2, -0.15) is 16.4 Å². The van der Waals surface area contributed by atoms with E-state index >= 15 is 0 Å². The van der Waals surface area contributed by atoms with Crippen molar-refractivity contribution in [3.8, 4) is 0 Å². The summed E-state index contributed by atoms with van der Waals surface area (Å²) in [6.45, 7) is 7.42. The van der Waals surface area contributed by atoms with Gasteiger partial charge < -0.3 is 15.1 Å². The van der Waals surface area contributed by atoms with Gasteiger partial charge in [0.15, 0.2) is 5.96 Å². The molecule has 0 aromatic carbocycles. The molecule has 1 atom stereocenters. The zero-order valence-corrected chi connectivity index (χ0v) is 16.4. The molecule has 2 aromatic rings. The number of aromatic nitrogens is 2. The third-order valence-corrected chi connectivity index (χ3v) is 5.19. The van der Waals surface area contributed by atoms with Gasteiger partial charge in [0.2, 0.25) is 5.91 Å². The number of rotatable bonds is 5. The molecule has 26 heavy (non-hydrogen) atoms. The topological polar surface area (TPSA) is 65.8 Å². The minimum atomic E-state index is 0.0701. The predicted molar refractivity (Wildman–Crippen MR) is 106 cm³/mol. The van der Waals surface area contributed by atoms with Gasteiger partial charge in [0, 0.05) is 45.3 Å². The number of amides is 1. The Bertz CT molecular complexity index is 754. The smallest absolute Gasteiger partial charge is 0.246 e. The number of hydrogen-bond acceptors (Lipinski definition) is 4. The van der Waals surface area contributed by atoms with Crippen LogP contribution < -0.4 is 10.2 Å². The Morgan fingerprint density at radius 3 is 2.92 bits per heavy atom. The summed E-state index contributed by atoms with van der Waals surface area (Å²) in [4.78, 5) is 21.2. The molecule has 7 nitrogen and oxygen atoms in total. The molecule has 3 rings (SSSR count). The predicted octanol–water partition coefficient (Wildman–Crippen LogP) is 1.90. The SMILES string of the molecule is CCNC(=NCC(C)c1ccsc1)N1CCN(c2cnn(C)c2)C(=O)C1. The summed E-state index contributed by atoms with van der Waals surface area (Å²) < 4.78 is 1.71. The van der Waals surface area contributed by atoms with Gasteiger partial charge in [0.05, 0.1) is 11.9 Å². The van der Waals surface area contributed by atoms with Gasteiger partial charge in [0.1, 0.15) is 6.54 Å². The molecule has 1 amide bonds. The Morgan fingerprint density at radius 1 is 1.46 bits per heavy atom. The lowest BCUT2D eigenvalue weighted by Crippen LogP contribution is -2.55. The number of anilines is 1. The molecule has 0 radical (unpaired) electrons. The molecule has 2 aromatic heterocycles. The lowest BCUT2D eigenvalue weighted by atomic mass is 10.1. The van der Waals surface area contributed by atoms with Crippen LogP contribution in [0.25, 0.3) is 0 Å². The minimum Gasteiger partial charge on any atom is -0.357 e. The summed E-state index contributed by atoms with van der Waals surface area (Å²) >= 11 is 1.71. The van der Waals surface area contributed by atoms with E-state index in [0.29, 0.717) is 25.6 Å². The van der Waals surface area contributed by atoms with Crippen LogP contribution in [0.2, 0.25) is 0 Å². The van der Waals surface area contributed by atoms with Crippen molar-refractivity contribution in [3.05, 3.63) is 34.8 Å². The average Bonchev–Trinajstić information content (AvgIpc) is 3.30. The lowest BCUT2D eigenvalue weighted by Gasteiger charge is -2.35. The third kappa shape index (κ3) is 4.24. The number of thiophene rings is 1. The van der Waals surface area contributed by atoms with Crippen LogP contribution in [-0.4, -0.2) is 59.3 Å². The van der Waals surface area contributed by atoms with Crippen LogP contribution in [0.4, 0.5) is 5.69 Å². The van der Waals surface area contributed by atoms with E-state index in [1.807, 2.05) is 25.1 Å². The first-order valence-corrected chi connectivity index (χ1v) is 9.87. The second-order valence-electron chi connectivity index (χ2n) is 6.49. The van der Waals surface area contributed by atoms with Crippen molar-refractivity contribution in [1.29, 1.82) is 0 Å². The first-order valence-electron chi connectivity index (χ1n) is 8.92. The number of nitrogens with zero attached hydrogens (tertiary/aromatic N) is 5. The fraction of sp³-hybridized carbons (Fsp3) is 0.500. The highest BCUT2D eigenvalue weighted by Gasteiger charge is 2.27. The number of aryl methyl sites for hydroxylation is 1. The Labute approximate surface area is 158 Å². The molecule has 0 aliphatic carbocycles. The highest BCUT2D eigenvalue weighted by molar-refractivity contribution is 7.07. The maximum Gasteiger partial charge on any atom is 0.246 e. The molecule has 1 aliphatic heterocycles. The van der Waals surface area contributed by atoms with Crippen molar-refractivity contribution in [2.45, 2.75) is 19.8 Å². The number of guanidine groups is 1. The number of aliphatic imine (C=N–C) groups is 1. The Hall–Kier alpha value is -2.35. The van der Waals surface area contributed by atoms with Crippen LogP contribution in [-0.2, 0) is 11.8 Å². The zero-order chi connectivity index (χ0) is 18.5. The minimum absolute atomic E-state index is 0.0701. The average molecular weight is 375 g/mol. The maximum absolute atomic E-state index is 12.6. The van der Waals surface area contributed by atoms with Crippen LogP contribution >= 0.6 is 11.3 Å². The van der Waals surface area contributed by atoms with Crippen molar-refractivity contribution in [2.75, 3.05) is 37.6 Å². The van der Waals surface area contributed by atoms with Gasteiger partial charge in [-0.15, -0.1) is 0 Å². The highest BCUT2D eigenvalue weighted by Crippen LogP contribution is 2.19. The van der Waals surface area contributed by atoms with E-state index in [-0.39, 0.29) is 5.91 Å². The standard InChI is InChI=1S/C18H26N6OS/c1-4-19-18(20-9-14(2)15-5-8-26-13-15)23-6-7-24(17(25)12-23)16-10-21-22(3)11-16/h5,8,10-11,13-14H,4,6-7,9,12H2,1-3H3,(H,19,20). The zero-order valence-electron chi connectivity index (χ0n) is 15.6. The monoisotopic (exact) mass is 374 g/mol. The summed E-state index contributed by atoms with van der Waals surface area (Å²) in [5.74, 6) is 1.25. The fourth-order valence-corrected chi connectivity index (χ4v) is 3.77. The van der Waals surface area contributed by atoms with Gasteiger partial charge >= 0.3 is 0 Å². The first-order chi connectivity index (χ1) is 12.6. The Morgan fingerprint density at radius 2 is 2.31 bits per heavy atom. The van der Waals surface area contributed by atoms with Gasteiger partial charge in [-0.3, -0.25) is 14.5 Å². The molecule has 1 N–H and O–H groups in total. The molecule has 0 spiro atoms. The summed E-state index contributed by atoms with van der Waals surface area (Å²) in [5.41, 5.74) is 2.16. The van der Waals surface area contributed by atoms with Crippen LogP contribution in [0.15, 0.2) is 34.2 Å². The third-order valence-electron chi connectivity index (χ3n) is 4.49. The molecule has 3 heterocycles. The summed E-state index contributed by atoms with van der Waals surface area (Å²) in [7, 11) is 1.86. The quantitative estimate of drug-likeness (QED) is 0.641. The van der Waals surface area contributed by atoms with Gasteiger partial charge in [-0.05, 0) is 29.3 Å². The second kappa shape index (κ2) is 8.35. The van der Waals surface area contributed by atoms with E-state index in [1.54, 1.807) is 27.1 Å². The van der Waals surface area contributed by atoms with Gasteiger partial charge in [0.25, 0.3) is 0 Å². The molecular formula is C18H26N6OS. The van der Waals surface area contributed by atoms with Crippen LogP contribution in [0.1, 0.15) is 25.3 Å². The molecule has 8 heteroatoms. The van der Waals surface area contributed by atoms with Crippen molar-refractivity contribution >= 4 is 28.9 Å². The van der Waals surface area contributed by atoms with E-state index < -0.39 is 0 Å². The molecule has 1 aliphatic rings. The first kappa shape index (κ1) is 18.4. The largest absolute Gasteiger partial charge is 0.357 e. The molecule has 0 bridgehead atoms. The second-order valence-corrected chi connectivity index (χ2v) is 7.27. The number of carbonyl (C=O) groups is 1. The molecule has 1 saturated heterocycles. The molecule has 140 valence electrons. The van der Waals surface area contributed by atoms with Crippen molar-refractivity contribution in [1.82, 2.24) is 20.0 Å². The van der Waals surface area contributed by atoms with E-state index in [0.717, 1.165) is 24.7 Å². The summed E-state index contributed by atoms with van der Waals surface area (Å²) in [5, 5.41) is 11.7. The Kier molecular flexibility index (Phi) is 5.92. The Balaban J connectivity index is 1.65. The lowest BCUT2D eigenvalue weighted by molar-refractivity contribution is -0.120. The number of piperazine rings is 1. The number of nitrogens with one attached hydrogen (secondary N) is 1. The van der Waals surface area contributed by atoms with Gasteiger partial charge in [-0.1, -0.05) is 6.92 Å². The maximum atomic E-state index is 12.6. The van der Waals surface area contributed by atoms with E-state index in [9.17, 15) is 4.79 Å². The molecular weight excluding hydrogens is 348 g/mol. The normalized spacial score (nSPS) is 16.9. The van der Waals surface area contributed by atoms with Crippen molar-refractivity contribution < 1.29 is 4.79 Å². The molecule has 1 fully saturated rings. The highest BCUT2D eigenvalue weighted by atomic mass is 32.1. The molecule has 1 unspecified atom stereocenters. The number of hydrogen-bond donors (Lipinski definition) is 1. The summed E-state index contributed by atoms with van der Waals surface area (Å²) in [6, 6.07) is 2.15. The van der Waals surface area contributed by atoms with Crippen LogP contribution in [0.5, 0.6) is 0 Å². The van der Waals surface area contributed by atoms with E-state index in [4.69, 9.17) is 4.99 Å². The van der Waals surface area contributed by atoms with Crippen LogP contribution in [0.3, 0.4) is 0 Å². The molecule has 0 saturated carbocycles. The van der Waals surface area contributed by atoms with E-state index in [2.05, 4.69) is 34.2 Å². The fourth-order valence-electron chi connectivity index (χ4n) is 2.98. The van der Waals surface area contributed by atoms with Crippen molar-refractivity contribution in [2.24, 2.45) is 12.0 Å². The summed E-state index contributed by atoms with van der Waals surface area (Å²) in [6.07, 6.45) is 3.60. The number of carbonyl (C=O) groups excluding carboxylic acids is 1. The van der Waals surface area contributed by atoms with Gasteiger partial charge in [-0.25, -0.2) is 0 Å². The van der Waals surface area contributed by atoms with E-state index in [1.165, 1.54) is 5.56 Å². The van der Waals surface area contributed by atoms with Crippen molar-refractivity contribution in [3.63, 3.8) is 0 Å².